The van der Waals surface area contributed by atoms with Gasteiger partial charge in [0.1, 0.15) is 22.6 Å². The number of esters is 1. The number of alkyl halides is 3. The second-order valence-corrected chi connectivity index (χ2v) is 5.00. The van der Waals surface area contributed by atoms with Crippen LogP contribution in [0.3, 0.4) is 0 Å². The monoisotopic (exact) mass is 367 g/mol. The third-order valence-corrected chi connectivity index (χ3v) is 3.45. The molecular weight excluding hydrogens is 355 g/mol. The van der Waals surface area contributed by atoms with Gasteiger partial charge in [-0.3, -0.25) is 14.9 Å². The third kappa shape index (κ3) is 3.22. The average molecular weight is 367 g/mol. The van der Waals surface area contributed by atoms with Crippen molar-refractivity contribution in [1.82, 2.24) is 10.6 Å². The Hall–Kier alpha value is -2.83. The van der Waals surface area contributed by atoms with Gasteiger partial charge in [-0.05, 0) is 13.0 Å². The molecule has 3 N–H and O–H groups in total. The first-order valence-corrected chi connectivity index (χ1v) is 6.79. The number of aliphatic hydroxyl groups is 1. The van der Waals surface area contributed by atoms with Crippen LogP contribution < -0.4 is 10.6 Å². The van der Waals surface area contributed by atoms with Crippen LogP contribution in [0.25, 0.3) is 0 Å². The van der Waals surface area contributed by atoms with Crippen molar-refractivity contribution in [3.05, 3.63) is 28.0 Å². The van der Waals surface area contributed by atoms with E-state index in [2.05, 4.69) is 4.74 Å². The third-order valence-electron chi connectivity index (χ3n) is 3.45. The number of carbonyl (C=O) groups excluding carboxylic acids is 2. The van der Waals surface area contributed by atoms with Crippen LogP contribution in [-0.2, 0) is 9.53 Å². The second kappa shape index (κ2) is 6.23. The maximum atomic E-state index is 13.3. The van der Waals surface area contributed by atoms with Crippen molar-refractivity contribution < 1.29 is 41.9 Å². The van der Waals surface area contributed by atoms with Gasteiger partial charge >= 0.3 is 24.1 Å². The number of hydrogen-bond donors (Lipinski definition) is 3. The lowest BCUT2D eigenvalue weighted by atomic mass is 9.84. The largest absolute Gasteiger partial charge is 0.466 e. The normalized spacial score (nSPS) is 26.5. The minimum absolute atomic E-state index is 0.303. The summed E-state index contributed by atoms with van der Waals surface area (Å²) in [4.78, 5) is 33.3. The van der Waals surface area contributed by atoms with E-state index >= 15 is 0 Å². The topological polar surface area (TPSA) is 144 Å². The molecule has 0 radical (unpaired) electrons. The summed E-state index contributed by atoms with van der Waals surface area (Å²) < 4.78 is 49.3. The molecule has 1 aliphatic rings. The van der Waals surface area contributed by atoms with Gasteiger partial charge in [0, 0.05) is 0 Å². The van der Waals surface area contributed by atoms with Gasteiger partial charge in [-0.25, -0.2) is 4.79 Å². The first-order chi connectivity index (χ1) is 11.5. The highest BCUT2D eigenvalue weighted by atomic mass is 19.4. The van der Waals surface area contributed by atoms with Crippen LogP contribution in [0.1, 0.15) is 18.7 Å². The molecule has 25 heavy (non-hydrogen) atoms. The van der Waals surface area contributed by atoms with Crippen molar-refractivity contribution in [3.8, 4) is 0 Å². The Labute approximate surface area is 137 Å². The van der Waals surface area contributed by atoms with E-state index in [1.165, 1.54) is 12.2 Å². The summed E-state index contributed by atoms with van der Waals surface area (Å²) in [6, 6.07) is -1.56. The predicted octanol–water partition coefficient (Wildman–Crippen LogP) is 0.972. The lowest BCUT2D eigenvalue weighted by Gasteiger charge is -2.43. The number of halogens is 3. The van der Waals surface area contributed by atoms with Crippen LogP contribution in [-0.4, -0.2) is 40.5 Å². The van der Waals surface area contributed by atoms with E-state index < -0.39 is 52.4 Å². The van der Waals surface area contributed by atoms with E-state index in [0.29, 0.717) is 0 Å². The van der Waals surface area contributed by atoms with E-state index in [1.807, 2.05) is 5.32 Å². The zero-order valence-corrected chi connectivity index (χ0v) is 12.5. The molecule has 2 rings (SSSR count). The van der Waals surface area contributed by atoms with Crippen molar-refractivity contribution >= 4 is 17.9 Å². The molecule has 3 atom stereocenters. The van der Waals surface area contributed by atoms with Gasteiger partial charge in [-0.1, -0.05) is 0 Å². The zero-order chi connectivity index (χ0) is 19.0. The molecule has 10 nitrogen and oxygen atoms in total. The van der Waals surface area contributed by atoms with Gasteiger partial charge in [0.2, 0.25) is 0 Å². The number of nitro groups is 1. The number of nitrogens with one attached hydrogen (secondary N) is 2. The molecule has 0 bridgehead atoms. The fraction of sp³-hybridized carbons (Fsp3) is 0.500. The number of amides is 2. The van der Waals surface area contributed by atoms with Crippen LogP contribution in [0.15, 0.2) is 16.5 Å². The number of nitrogens with zero attached hydrogens (tertiary/aromatic N) is 1. The molecule has 0 aromatic carbocycles. The molecule has 1 aromatic heterocycles. The molecule has 0 spiro atoms. The van der Waals surface area contributed by atoms with Crippen molar-refractivity contribution in [2.24, 2.45) is 5.92 Å². The minimum atomic E-state index is -5.45. The quantitative estimate of drug-likeness (QED) is 0.409. The number of rotatable bonds is 4. The molecule has 3 unspecified atom stereocenters. The Morgan fingerprint density at radius 2 is 2.16 bits per heavy atom. The van der Waals surface area contributed by atoms with Gasteiger partial charge in [0.05, 0.1) is 12.7 Å². The van der Waals surface area contributed by atoms with Gasteiger partial charge in [-0.15, -0.1) is 0 Å². The average Bonchev–Trinajstić information content (AvgIpc) is 2.95. The summed E-state index contributed by atoms with van der Waals surface area (Å²) >= 11 is 0. The van der Waals surface area contributed by atoms with Crippen LogP contribution in [0.5, 0.6) is 0 Å². The molecule has 1 aliphatic heterocycles. The Morgan fingerprint density at radius 1 is 1.52 bits per heavy atom. The van der Waals surface area contributed by atoms with Crippen molar-refractivity contribution in [1.29, 1.82) is 0 Å². The summed E-state index contributed by atoms with van der Waals surface area (Å²) in [6.07, 6.45) is -5.45. The lowest BCUT2D eigenvalue weighted by molar-refractivity contribution is -0.402. The standard InChI is InChI=1S/C12H12F3N3O7/c1-2-24-9(19)7-8(5-3-4-6(25-5)18(22)23)16-10(20)17-11(7,21)12(13,14)15/h3-4,7-8,21H,2H2,1H3,(H2,16,17,20). The highest BCUT2D eigenvalue weighted by Gasteiger charge is 2.67. The van der Waals surface area contributed by atoms with E-state index in [9.17, 15) is 38.0 Å². The summed E-state index contributed by atoms with van der Waals surface area (Å²) in [6.45, 7) is 1.02. The molecule has 138 valence electrons. The smallest absolute Gasteiger partial charge is 0.437 e. The highest BCUT2D eigenvalue weighted by Crippen LogP contribution is 2.43. The molecule has 1 saturated heterocycles. The van der Waals surface area contributed by atoms with Crippen LogP contribution in [0.4, 0.5) is 23.8 Å². The summed E-state index contributed by atoms with van der Waals surface area (Å²) in [5.74, 6) is -5.24. The van der Waals surface area contributed by atoms with Gasteiger partial charge in [0.25, 0.3) is 5.72 Å². The first kappa shape index (κ1) is 18.5. The van der Waals surface area contributed by atoms with Gasteiger partial charge in [-0.2, -0.15) is 13.2 Å². The highest BCUT2D eigenvalue weighted by molar-refractivity contribution is 5.83. The Morgan fingerprint density at radius 3 is 2.64 bits per heavy atom. The molecule has 0 saturated carbocycles. The van der Waals surface area contributed by atoms with Crippen molar-refractivity contribution in [2.45, 2.75) is 24.9 Å². The van der Waals surface area contributed by atoms with Crippen LogP contribution >= 0.6 is 0 Å². The summed E-state index contributed by atoms with van der Waals surface area (Å²) in [5, 5.41) is 23.9. The second-order valence-electron chi connectivity index (χ2n) is 5.00. The number of carbonyl (C=O) groups is 2. The Balaban J connectivity index is 2.55. The number of hydrogen-bond acceptors (Lipinski definition) is 7. The maximum Gasteiger partial charge on any atom is 0.437 e. The molecule has 1 aromatic rings. The predicted molar refractivity (Wildman–Crippen MR) is 70.9 cm³/mol. The molecule has 2 amide bonds. The Kier molecular flexibility index (Phi) is 4.61. The number of ether oxygens (including phenoxy) is 1. The maximum absolute atomic E-state index is 13.3. The van der Waals surface area contributed by atoms with E-state index in [1.54, 1.807) is 0 Å². The van der Waals surface area contributed by atoms with Crippen LogP contribution in [0.2, 0.25) is 0 Å². The number of furan rings is 1. The van der Waals surface area contributed by atoms with Crippen molar-refractivity contribution in [2.75, 3.05) is 6.61 Å². The molecule has 2 heterocycles. The first-order valence-electron chi connectivity index (χ1n) is 6.79. The van der Waals surface area contributed by atoms with E-state index in [-0.39, 0.29) is 6.61 Å². The van der Waals surface area contributed by atoms with Gasteiger partial charge in [0.15, 0.2) is 0 Å². The van der Waals surface area contributed by atoms with Crippen molar-refractivity contribution in [3.63, 3.8) is 0 Å². The minimum Gasteiger partial charge on any atom is -0.466 e. The van der Waals surface area contributed by atoms with Gasteiger partial charge < -0.3 is 24.9 Å². The number of urea groups is 1. The molecular formula is C12H12F3N3O7. The lowest BCUT2D eigenvalue weighted by Crippen LogP contribution is -2.73. The molecule has 0 aliphatic carbocycles. The fourth-order valence-corrected chi connectivity index (χ4v) is 2.38. The summed E-state index contributed by atoms with van der Waals surface area (Å²) in [5.41, 5.74) is -3.96. The molecule has 1 fully saturated rings. The Bertz CT molecular complexity index is 704. The van der Waals surface area contributed by atoms with Crippen LogP contribution in [0, 0.1) is 16.0 Å². The fourth-order valence-electron chi connectivity index (χ4n) is 2.38. The molecule has 13 heteroatoms. The van der Waals surface area contributed by atoms with E-state index in [0.717, 1.165) is 12.1 Å². The summed E-state index contributed by atoms with van der Waals surface area (Å²) in [7, 11) is 0. The SMILES string of the molecule is CCOC(=O)C1C(c2ccc([N+](=O)[O-])o2)NC(=O)NC1(O)C(F)(F)F. The zero-order valence-electron chi connectivity index (χ0n) is 12.5. The van der Waals surface area contributed by atoms with E-state index in [4.69, 9.17) is 4.42 Å².